The molecule has 3 nitrogen and oxygen atoms in total. The molecule has 0 bridgehead atoms. The largest absolute Gasteiger partial charge is 0.435 e. The third kappa shape index (κ3) is 2.21. The summed E-state index contributed by atoms with van der Waals surface area (Å²) in [5.74, 6) is 0. The highest BCUT2D eigenvalue weighted by molar-refractivity contribution is 5.11. The van der Waals surface area contributed by atoms with Gasteiger partial charge < -0.3 is 4.74 Å². The van der Waals surface area contributed by atoms with E-state index < -0.39 is 11.9 Å². The highest BCUT2D eigenvalue weighted by atomic mass is 19.4. The third-order valence-corrected chi connectivity index (χ3v) is 1.52. The molecule has 0 spiro atoms. The van der Waals surface area contributed by atoms with E-state index in [1.165, 1.54) is 7.11 Å². The first-order chi connectivity index (χ1) is 5.95. The quantitative estimate of drug-likeness (QED) is 0.717. The average molecular weight is 194 g/mol. The summed E-state index contributed by atoms with van der Waals surface area (Å²) in [5.41, 5.74) is -0.462. The summed E-state index contributed by atoms with van der Waals surface area (Å²) in [7, 11) is 1.40. The molecule has 1 aromatic heterocycles. The van der Waals surface area contributed by atoms with Crippen LogP contribution in [0.5, 0.6) is 0 Å². The number of aryl methyl sites for hydroxylation is 1. The van der Waals surface area contributed by atoms with E-state index in [4.69, 9.17) is 0 Å². The number of hydrogen-bond donors (Lipinski definition) is 0. The Balaban J connectivity index is 2.95. The molecule has 0 aromatic carbocycles. The molecule has 0 N–H and O–H groups in total. The van der Waals surface area contributed by atoms with Gasteiger partial charge in [-0.15, -0.1) is 0 Å². The molecule has 0 unspecified atom stereocenters. The molecule has 0 aliphatic heterocycles. The van der Waals surface area contributed by atoms with Crippen molar-refractivity contribution in [1.29, 1.82) is 0 Å². The van der Waals surface area contributed by atoms with Gasteiger partial charge in [-0.05, 0) is 13.0 Å². The van der Waals surface area contributed by atoms with Crippen molar-refractivity contribution in [2.45, 2.75) is 19.8 Å². The minimum Gasteiger partial charge on any atom is -0.362 e. The van der Waals surface area contributed by atoms with Gasteiger partial charge in [0.15, 0.2) is 5.69 Å². The molecule has 0 saturated carbocycles. The Labute approximate surface area is 73.1 Å². The molecule has 1 aromatic rings. The second-order valence-corrected chi connectivity index (χ2v) is 2.59. The van der Waals surface area contributed by atoms with Gasteiger partial charge in [0, 0.05) is 12.8 Å². The van der Waals surface area contributed by atoms with Crippen LogP contribution in [0.25, 0.3) is 0 Å². The Kier molecular flexibility index (Phi) is 2.60. The number of hydrogen-bond acceptors (Lipinski definition) is 2. The molecule has 0 atom stereocenters. The Hall–Kier alpha value is -1.04. The van der Waals surface area contributed by atoms with Crippen LogP contribution < -0.4 is 0 Å². The summed E-state index contributed by atoms with van der Waals surface area (Å²) in [5, 5.41) is 3.34. The maximum atomic E-state index is 12.1. The molecule has 0 radical (unpaired) electrons. The van der Waals surface area contributed by atoms with Crippen LogP contribution in [0.1, 0.15) is 11.4 Å². The molecule has 1 heterocycles. The molecule has 0 aliphatic rings. The Bertz CT molecular complexity index is 292. The van der Waals surface area contributed by atoms with Gasteiger partial charge in [0.1, 0.15) is 6.73 Å². The second kappa shape index (κ2) is 3.37. The molecule has 0 saturated heterocycles. The number of aromatic nitrogens is 2. The number of alkyl halides is 3. The summed E-state index contributed by atoms with van der Waals surface area (Å²) in [4.78, 5) is 0. The van der Waals surface area contributed by atoms with Crippen molar-refractivity contribution in [3.05, 3.63) is 17.5 Å². The number of ether oxygens (including phenoxy) is 1. The standard InChI is InChI=1S/C7H9F3N2O/c1-5-3-6(7(8,9)10)11-12(5)4-13-2/h3H,4H2,1-2H3. The van der Waals surface area contributed by atoms with Gasteiger partial charge in [0.2, 0.25) is 0 Å². The Morgan fingerprint density at radius 2 is 2.15 bits per heavy atom. The van der Waals surface area contributed by atoms with Crippen LogP contribution in [0.4, 0.5) is 13.2 Å². The lowest BCUT2D eigenvalue weighted by molar-refractivity contribution is -0.141. The van der Waals surface area contributed by atoms with Crippen LogP contribution in [0.2, 0.25) is 0 Å². The van der Waals surface area contributed by atoms with Crippen molar-refractivity contribution in [3.8, 4) is 0 Å². The van der Waals surface area contributed by atoms with Crippen molar-refractivity contribution >= 4 is 0 Å². The molecule has 1 rings (SSSR count). The van der Waals surface area contributed by atoms with E-state index in [0.717, 1.165) is 10.7 Å². The maximum Gasteiger partial charge on any atom is 0.435 e. The van der Waals surface area contributed by atoms with Gasteiger partial charge in [-0.25, -0.2) is 4.68 Å². The first-order valence-electron chi connectivity index (χ1n) is 3.55. The lowest BCUT2D eigenvalue weighted by atomic mass is 10.4. The normalized spacial score (nSPS) is 12.1. The molecule has 74 valence electrons. The Morgan fingerprint density at radius 3 is 2.54 bits per heavy atom. The second-order valence-electron chi connectivity index (χ2n) is 2.59. The molecule has 6 heteroatoms. The van der Waals surface area contributed by atoms with Crippen molar-refractivity contribution in [2.24, 2.45) is 0 Å². The highest BCUT2D eigenvalue weighted by Gasteiger charge is 2.34. The fraction of sp³-hybridized carbons (Fsp3) is 0.571. The van der Waals surface area contributed by atoms with Gasteiger partial charge in [-0.3, -0.25) is 0 Å². The fourth-order valence-corrected chi connectivity index (χ4v) is 0.902. The first-order valence-corrected chi connectivity index (χ1v) is 3.55. The number of methoxy groups -OCH3 is 1. The fourth-order valence-electron chi connectivity index (χ4n) is 0.902. The topological polar surface area (TPSA) is 27.1 Å². The van der Waals surface area contributed by atoms with Crippen LogP contribution in [0, 0.1) is 6.92 Å². The minimum absolute atomic E-state index is 0.0297. The van der Waals surface area contributed by atoms with Crippen LogP contribution in [-0.2, 0) is 17.6 Å². The number of halogens is 3. The SMILES string of the molecule is COCn1nc(C(F)(F)F)cc1C. The smallest absolute Gasteiger partial charge is 0.362 e. The Morgan fingerprint density at radius 1 is 1.54 bits per heavy atom. The third-order valence-electron chi connectivity index (χ3n) is 1.52. The monoisotopic (exact) mass is 194 g/mol. The van der Waals surface area contributed by atoms with Crippen LogP contribution in [-0.4, -0.2) is 16.9 Å². The van der Waals surface area contributed by atoms with Crippen molar-refractivity contribution in [3.63, 3.8) is 0 Å². The lowest BCUT2D eigenvalue weighted by Crippen LogP contribution is -2.09. The molecule has 13 heavy (non-hydrogen) atoms. The van der Waals surface area contributed by atoms with Crippen molar-refractivity contribution in [1.82, 2.24) is 9.78 Å². The number of nitrogens with zero attached hydrogens (tertiary/aromatic N) is 2. The van der Waals surface area contributed by atoms with Gasteiger partial charge >= 0.3 is 6.18 Å². The summed E-state index contributed by atoms with van der Waals surface area (Å²) >= 11 is 0. The summed E-state index contributed by atoms with van der Waals surface area (Å²) in [6, 6.07) is 0.985. The first kappa shape index (κ1) is 10.0. The highest BCUT2D eigenvalue weighted by Crippen LogP contribution is 2.28. The predicted molar refractivity (Wildman–Crippen MR) is 39.0 cm³/mol. The average Bonchev–Trinajstić information content (AvgIpc) is 2.32. The summed E-state index contributed by atoms with van der Waals surface area (Å²) in [6.07, 6.45) is -4.39. The van der Waals surface area contributed by atoms with Crippen LogP contribution in [0.3, 0.4) is 0 Å². The van der Waals surface area contributed by atoms with Gasteiger partial charge in [0.05, 0.1) is 0 Å². The van der Waals surface area contributed by atoms with E-state index in [9.17, 15) is 13.2 Å². The van der Waals surface area contributed by atoms with E-state index in [1.54, 1.807) is 6.92 Å². The van der Waals surface area contributed by atoms with Crippen molar-refractivity contribution < 1.29 is 17.9 Å². The molecule has 0 aliphatic carbocycles. The van der Waals surface area contributed by atoms with E-state index in [1.807, 2.05) is 0 Å². The molecular formula is C7H9F3N2O. The number of rotatable bonds is 2. The van der Waals surface area contributed by atoms with E-state index >= 15 is 0 Å². The zero-order valence-electron chi connectivity index (χ0n) is 7.22. The van der Waals surface area contributed by atoms with E-state index in [0.29, 0.717) is 5.69 Å². The zero-order valence-corrected chi connectivity index (χ0v) is 7.22. The minimum atomic E-state index is -4.39. The summed E-state index contributed by atoms with van der Waals surface area (Å²) < 4.78 is 42.1. The van der Waals surface area contributed by atoms with Gasteiger partial charge in [-0.2, -0.15) is 18.3 Å². The maximum absolute atomic E-state index is 12.1. The predicted octanol–water partition coefficient (Wildman–Crippen LogP) is 1.81. The lowest BCUT2D eigenvalue weighted by Gasteiger charge is -2.02. The van der Waals surface area contributed by atoms with Crippen LogP contribution >= 0.6 is 0 Å². The van der Waals surface area contributed by atoms with Gasteiger partial charge in [0.25, 0.3) is 0 Å². The molecule has 0 fully saturated rings. The summed E-state index contributed by atoms with van der Waals surface area (Å²) in [6.45, 7) is 1.57. The van der Waals surface area contributed by atoms with Crippen LogP contribution in [0.15, 0.2) is 6.07 Å². The zero-order chi connectivity index (χ0) is 10.1. The molecular weight excluding hydrogens is 185 g/mol. The van der Waals surface area contributed by atoms with E-state index in [-0.39, 0.29) is 6.73 Å². The molecule has 0 amide bonds. The van der Waals surface area contributed by atoms with Gasteiger partial charge in [-0.1, -0.05) is 0 Å². The van der Waals surface area contributed by atoms with E-state index in [2.05, 4.69) is 9.84 Å². The van der Waals surface area contributed by atoms with Crippen molar-refractivity contribution in [2.75, 3.05) is 7.11 Å².